The van der Waals surface area contributed by atoms with Gasteiger partial charge in [0.2, 0.25) is 0 Å². The van der Waals surface area contributed by atoms with Crippen LogP contribution in [0.4, 0.5) is 5.69 Å². The van der Waals surface area contributed by atoms with Gasteiger partial charge in [0.15, 0.2) is 5.69 Å². The fourth-order valence-electron chi connectivity index (χ4n) is 1.95. The van der Waals surface area contributed by atoms with Gasteiger partial charge < -0.3 is 10.1 Å². The van der Waals surface area contributed by atoms with Gasteiger partial charge in [-0.05, 0) is 19.1 Å². The molecular formula is C14H14N4O2. The summed E-state index contributed by atoms with van der Waals surface area (Å²) in [7, 11) is 3.19. The van der Waals surface area contributed by atoms with Gasteiger partial charge in [-0.25, -0.2) is 0 Å². The molecule has 0 atom stereocenters. The molecule has 2 rings (SSSR count). The van der Waals surface area contributed by atoms with Crippen molar-refractivity contribution >= 4 is 11.6 Å². The van der Waals surface area contributed by atoms with Crippen molar-refractivity contribution in [1.29, 1.82) is 5.26 Å². The van der Waals surface area contributed by atoms with E-state index in [4.69, 9.17) is 10.00 Å². The van der Waals surface area contributed by atoms with Crippen LogP contribution in [-0.2, 0) is 7.05 Å². The van der Waals surface area contributed by atoms with Gasteiger partial charge in [-0.3, -0.25) is 9.48 Å². The fourth-order valence-corrected chi connectivity index (χ4v) is 1.95. The maximum absolute atomic E-state index is 12.3. The molecule has 1 aromatic heterocycles. The molecule has 20 heavy (non-hydrogen) atoms. The number of nitriles is 1. The van der Waals surface area contributed by atoms with Crippen molar-refractivity contribution in [1.82, 2.24) is 9.78 Å². The highest BCUT2D eigenvalue weighted by molar-refractivity contribution is 6.06. The summed E-state index contributed by atoms with van der Waals surface area (Å²) in [6.07, 6.45) is 0. The van der Waals surface area contributed by atoms with Crippen LogP contribution in [0.3, 0.4) is 0 Å². The number of rotatable bonds is 3. The number of amides is 1. The minimum absolute atomic E-state index is 0.239. The second-order valence-corrected chi connectivity index (χ2v) is 4.23. The summed E-state index contributed by atoms with van der Waals surface area (Å²) >= 11 is 0. The van der Waals surface area contributed by atoms with Crippen molar-refractivity contribution in [3.05, 3.63) is 41.2 Å². The highest BCUT2D eigenvalue weighted by atomic mass is 16.5. The normalized spacial score (nSPS) is 9.90. The molecule has 102 valence electrons. The van der Waals surface area contributed by atoms with Gasteiger partial charge in [0, 0.05) is 18.8 Å². The first-order valence-corrected chi connectivity index (χ1v) is 5.96. The third-order valence-corrected chi connectivity index (χ3v) is 2.88. The van der Waals surface area contributed by atoms with Gasteiger partial charge in [0.25, 0.3) is 5.91 Å². The summed E-state index contributed by atoms with van der Waals surface area (Å²) in [5, 5.41) is 15.9. The highest BCUT2D eigenvalue weighted by Crippen LogP contribution is 2.19. The Morgan fingerprint density at radius 3 is 2.90 bits per heavy atom. The molecular weight excluding hydrogens is 256 g/mol. The molecule has 0 saturated carbocycles. The first-order valence-electron chi connectivity index (χ1n) is 5.96. The predicted octanol–water partition coefficient (Wildman–Crippen LogP) is 1.86. The number of nitrogens with zero attached hydrogens (tertiary/aromatic N) is 3. The van der Waals surface area contributed by atoms with E-state index in [-0.39, 0.29) is 17.2 Å². The molecule has 0 fully saturated rings. The minimum atomic E-state index is -0.361. The van der Waals surface area contributed by atoms with E-state index in [9.17, 15) is 4.79 Å². The average Bonchev–Trinajstić information content (AvgIpc) is 2.72. The number of aryl methyl sites for hydroxylation is 2. The first-order chi connectivity index (χ1) is 9.56. The smallest absolute Gasteiger partial charge is 0.260 e. The van der Waals surface area contributed by atoms with Crippen LogP contribution in [0.5, 0.6) is 5.75 Å². The highest BCUT2D eigenvalue weighted by Gasteiger charge is 2.20. The molecule has 1 heterocycles. The van der Waals surface area contributed by atoms with Gasteiger partial charge in [0.1, 0.15) is 11.8 Å². The van der Waals surface area contributed by atoms with Crippen LogP contribution in [0.15, 0.2) is 24.3 Å². The monoisotopic (exact) mass is 270 g/mol. The Hall–Kier alpha value is -2.81. The molecule has 0 aliphatic carbocycles. The van der Waals surface area contributed by atoms with Crippen molar-refractivity contribution < 1.29 is 9.53 Å². The number of nitrogens with one attached hydrogen (secondary N) is 1. The van der Waals surface area contributed by atoms with E-state index in [0.717, 1.165) is 0 Å². The molecule has 6 nitrogen and oxygen atoms in total. The van der Waals surface area contributed by atoms with Crippen molar-refractivity contribution in [2.45, 2.75) is 6.92 Å². The van der Waals surface area contributed by atoms with E-state index in [0.29, 0.717) is 17.1 Å². The van der Waals surface area contributed by atoms with Crippen molar-refractivity contribution in [3.63, 3.8) is 0 Å². The standard InChI is InChI=1S/C14H14N4O2/c1-9-13(12(8-15)18(2)17-9)14(19)16-10-5-4-6-11(7-10)20-3/h4-7H,1-3H3,(H,16,19). The van der Waals surface area contributed by atoms with Crippen molar-refractivity contribution in [2.24, 2.45) is 7.05 Å². The number of carbonyl (C=O) groups is 1. The second kappa shape index (κ2) is 5.45. The van der Waals surface area contributed by atoms with Crippen LogP contribution < -0.4 is 10.1 Å². The zero-order chi connectivity index (χ0) is 14.7. The average molecular weight is 270 g/mol. The van der Waals surface area contributed by atoms with Crippen LogP contribution in [0, 0.1) is 18.3 Å². The summed E-state index contributed by atoms with van der Waals surface area (Å²) < 4.78 is 6.49. The third-order valence-electron chi connectivity index (χ3n) is 2.88. The lowest BCUT2D eigenvalue weighted by Gasteiger charge is -2.06. The molecule has 2 aromatic rings. The minimum Gasteiger partial charge on any atom is -0.497 e. The summed E-state index contributed by atoms with van der Waals surface area (Å²) in [6, 6.07) is 9.00. The van der Waals surface area contributed by atoms with Crippen LogP contribution in [0.1, 0.15) is 21.7 Å². The molecule has 0 unspecified atom stereocenters. The molecule has 0 saturated heterocycles. The Kier molecular flexibility index (Phi) is 3.71. The molecule has 1 aromatic carbocycles. The largest absolute Gasteiger partial charge is 0.497 e. The SMILES string of the molecule is COc1cccc(NC(=O)c2c(C)nn(C)c2C#N)c1. The fraction of sp³-hybridized carbons (Fsp3) is 0.214. The Morgan fingerprint density at radius 1 is 1.50 bits per heavy atom. The second-order valence-electron chi connectivity index (χ2n) is 4.23. The number of benzene rings is 1. The van der Waals surface area contributed by atoms with Crippen LogP contribution >= 0.6 is 0 Å². The van der Waals surface area contributed by atoms with E-state index in [2.05, 4.69) is 10.4 Å². The van der Waals surface area contributed by atoms with Gasteiger partial charge in [-0.15, -0.1) is 0 Å². The van der Waals surface area contributed by atoms with Gasteiger partial charge >= 0.3 is 0 Å². The summed E-state index contributed by atoms with van der Waals surface area (Å²) in [5.74, 6) is 0.284. The molecule has 0 aliphatic rings. The number of methoxy groups -OCH3 is 1. The lowest BCUT2D eigenvalue weighted by molar-refractivity contribution is 0.102. The summed E-state index contributed by atoms with van der Waals surface area (Å²) in [5.41, 5.74) is 1.65. The molecule has 0 aliphatic heterocycles. The lowest BCUT2D eigenvalue weighted by atomic mass is 10.1. The summed E-state index contributed by atoms with van der Waals surface area (Å²) in [4.78, 5) is 12.3. The quantitative estimate of drug-likeness (QED) is 0.923. The molecule has 0 spiro atoms. The lowest BCUT2D eigenvalue weighted by Crippen LogP contribution is -2.14. The van der Waals surface area contributed by atoms with Crippen LogP contribution in [0.25, 0.3) is 0 Å². The first kappa shape index (κ1) is 13.6. The van der Waals surface area contributed by atoms with E-state index >= 15 is 0 Å². The van der Waals surface area contributed by atoms with E-state index in [1.54, 1.807) is 45.3 Å². The van der Waals surface area contributed by atoms with Crippen molar-refractivity contribution in [3.8, 4) is 11.8 Å². The number of anilines is 1. The number of hydrogen-bond acceptors (Lipinski definition) is 4. The van der Waals surface area contributed by atoms with Gasteiger partial charge in [-0.1, -0.05) is 6.07 Å². The van der Waals surface area contributed by atoms with E-state index in [1.165, 1.54) is 4.68 Å². The molecule has 1 N–H and O–H groups in total. The number of aromatic nitrogens is 2. The van der Waals surface area contributed by atoms with E-state index in [1.807, 2.05) is 6.07 Å². The Morgan fingerprint density at radius 2 is 2.25 bits per heavy atom. The third kappa shape index (κ3) is 2.47. The molecule has 0 radical (unpaired) electrons. The zero-order valence-electron chi connectivity index (χ0n) is 11.5. The number of carbonyl (C=O) groups excluding carboxylic acids is 1. The maximum atomic E-state index is 12.3. The number of ether oxygens (including phenoxy) is 1. The van der Waals surface area contributed by atoms with Crippen LogP contribution in [0.2, 0.25) is 0 Å². The topological polar surface area (TPSA) is 79.9 Å². The predicted molar refractivity (Wildman–Crippen MR) is 73.6 cm³/mol. The van der Waals surface area contributed by atoms with E-state index < -0.39 is 0 Å². The molecule has 1 amide bonds. The number of hydrogen-bond donors (Lipinski definition) is 1. The Labute approximate surface area is 116 Å². The van der Waals surface area contributed by atoms with Gasteiger partial charge in [-0.2, -0.15) is 10.4 Å². The Balaban J connectivity index is 2.31. The van der Waals surface area contributed by atoms with Gasteiger partial charge in [0.05, 0.1) is 18.4 Å². The zero-order valence-corrected chi connectivity index (χ0v) is 11.5. The Bertz CT molecular complexity index is 698. The molecule has 6 heteroatoms. The summed E-state index contributed by atoms with van der Waals surface area (Å²) in [6.45, 7) is 1.70. The van der Waals surface area contributed by atoms with Crippen LogP contribution in [-0.4, -0.2) is 22.8 Å². The van der Waals surface area contributed by atoms with Crippen molar-refractivity contribution in [2.75, 3.05) is 12.4 Å². The maximum Gasteiger partial charge on any atom is 0.260 e. The molecule has 0 bridgehead atoms.